The lowest BCUT2D eigenvalue weighted by Gasteiger charge is -2.21. The van der Waals surface area contributed by atoms with Crippen LogP contribution in [0.25, 0.3) is 5.69 Å². The van der Waals surface area contributed by atoms with E-state index in [9.17, 15) is 4.79 Å². The predicted octanol–water partition coefficient (Wildman–Crippen LogP) is 1.98. The van der Waals surface area contributed by atoms with Gasteiger partial charge in [-0.2, -0.15) is 11.3 Å². The highest BCUT2D eigenvalue weighted by molar-refractivity contribution is 7.08. The molecule has 1 aliphatic rings. The second-order valence-electron chi connectivity index (χ2n) is 5.14. The van der Waals surface area contributed by atoms with Gasteiger partial charge in [0.1, 0.15) is 5.69 Å². The molecule has 2 aromatic rings. The van der Waals surface area contributed by atoms with Crippen molar-refractivity contribution >= 4 is 17.4 Å². The molecule has 7 nitrogen and oxygen atoms in total. The lowest BCUT2D eigenvalue weighted by molar-refractivity contribution is 0.0379. The Kier molecular flexibility index (Phi) is 5.02. The van der Waals surface area contributed by atoms with Crippen molar-refractivity contribution in [3.05, 3.63) is 28.7 Å². The van der Waals surface area contributed by atoms with Crippen LogP contribution < -0.4 is 5.32 Å². The number of thiophene rings is 1. The van der Waals surface area contributed by atoms with Crippen molar-refractivity contribution in [1.82, 2.24) is 20.3 Å². The van der Waals surface area contributed by atoms with Gasteiger partial charge in [0.25, 0.3) is 0 Å². The third-order valence-electron chi connectivity index (χ3n) is 3.52. The summed E-state index contributed by atoms with van der Waals surface area (Å²) < 4.78 is 12.2. The van der Waals surface area contributed by atoms with Gasteiger partial charge in [0.05, 0.1) is 25.0 Å². The molecule has 8 heteroatoms. The first-order valence-electron chi connectivity index (χ1n) is 7.23. The molecule has 0 aliphatic carbocycles. The number of aromatic nitrogens is 3. The number of ether oxygens (including phenoxy) is 2. The summed E-state index contributed by atoms with van der Waals surface area (Å²) in [7, 11) is 0. The van der Waals surface area contributed by atoms with E-state index in [0.717, 1.165) is 31.7 Å². The van der Waals surface area contributed by atoms with Crippen LogP contribution >= 0.6 is 11.3 Å². The zero-order chi connectivity index (χ0) is 15.2. The Labute approximate surface area is 132 Å². The molecule has 0 radical (unpaired) electrons. The zero-order valence-corrected chi connectivity index (χ0v) is 12.9. The normalized spacial score (nSPS) is 15.6. The Morgan fingerprint density at radius 2 is 2.36 bits per heavy atom. The van der Waals surface area contributed by atoms with Crippen LogP contribution in [-0.2, 0) is 16.0 Å². The maximum Gasteiger partial charge on any atom is 0.407 e. The highest BCUT2D eigenvalue weighted by Crippen LogP contribution is 2.14. The minimum Gasteiger partial charge on any atom is -0.449 e. The molecule has 0 aromatic carbocycles. The Balaban J connectivity index is 1.41. The summed E-state index contributed by atoms with van der Waals surface area (Å²) in [5, 5.41) is 14.7. The summed E-state index contributed by atoms with van der Waals surface area (Å²) in [6, 6.07) is 1.96. The van der Waals surface area contributed by atoms with Crippen molar-refractivity contribution in [3.63, 3.8) is 0 Å². The quantitative estimate of drug-likeness (QED) is 0.910. The second kappa shape index (κ2) is 7.37. The average Bonchev–Trinajstić information content (AvgIpc) is 3.22. The molecule has 1 saturated heterocycles. The fraction of sp³-hybridized carbons (Fsp3) is 0.500. The van der Waals surface area contributed by atoms with Gasteiger partial charge in [-0.15, -0.1) is 5.10 Å². The first-order valence-corrected chi connectivity index (χ1v) is 8.18. The molecule has 1 fully saturated rings. The van der Waals surface area contributed by atoms with Gasteiger partial charge < -0.3 is 14.8 Å². The molecule has 118 valence electrons. The molecule has 1 N–H and O–H groups in total. The standard InChI is InChI=1S/C14H18N4O3S/c19-14(21-9-11-1-4-20-5-2-11)15-7-12-8-18(17-16-12)13-3-6-22-10-13/h3,6,8,10-11H,1-2,4-5,7,9H2,(H,15,19). The van der Waals surface area contributed by atoms with Gasteiger partial charge in [-0.25, -0.2) is 9.48 Å². The summed E-state index contributed by atoms with van der Waals surface area (Å²) in [6.45, 7) is 2.25. The molecule has 0 unspecified atom stereocenters. The van der Waals surface area contributed by atoms with Gasteiger partial charge >= 0.3 is 6.09 Å². The van der Waals surface area contributed by atoms with Gasteiger partial charge in [0.15, 0.2) is 0 Å². The highest BCUT2D eigenvalue weighted by atomic mass is 32.1. The van der Waals surface area contributed by atoms with Crippen molar-refractivity contribution in [2.75, 3.05) is 19.8 Å². The Hall–Kier alpha value is -1.93. The van der Waals surface area contributed by atoms with E-state index in [0.29, 0.717) is 24.8 Å². The molecule has 1 amide bonds. The molecule has 0 spiro atoms. The van der Waals surface area contributed by atoms with Gasteiger partial charge in [0, 0.05) is 18.6 Å². The molecule has 2 aromatic heterocycles. The van der Waals surface area contributed by atoms with Crippen molar-refractivity contribution < 1.29 is 14.3 Å². The van der Waals surface area contributed by atoms with E-state index in [1.807, 2.05) is 16.8 Å². The van der Waals surface area contributed by atoms with E-state index in [-0.39, 0.29) is 0 Å². The number of alkyl carbamates (subject to hydrolysis) is 1. The maximum atomic E-state index is 11.7. The number of nitrogens with zero attached hydrogens (tertiary/aromatic N) is 3. The molecule has 1 aliphatic heterocycles. The lowest BCUT2D eigenvalue weighted by atomic mass is 10.0. The highest BCUT2D eigenvalue weighted by Gasteiger charge is 2.16. The van der Waals surface area contributed by atoms with Gasteiger partial charge in [-0.1, -0.05) is 5.21 Å². The number of rotatable bonds is 5. The number of carbonyl (C=O) groups is 1. The van der Waals surface area contributed by atoms with Crippen LogP contribution in [0.15, 0.2) is 23.0 Å². The Morgan fingerprint density at radius 1 is 1.50 bits per heavy atom. The Morgan fingerprint density at radius 3 is 3.14 bits per heavy atom. The monoisotopic (exact) mass is 322 g/mol. The average molecular weight is 322 g/mol. The number of nitrogens with one attached hydrogen (secondary N) is 1. The van der Waals surface area contributed by atoms with Crippen LogP contribution in [-0.4, -0.2) is 40.9 Å². The van der Waals surface area contributed by atoms with Crippen LogP contribution in [0.4, 0.5) is 4.79 Å². The van der Waals surface area contributed by atoms with Crippen molar-refractivity contribution in [2.24, 2.45) is 5.92 Å². The smallest absolute Gasteiger partial charge is 0.407 e. The fourth-order valence-electron chi connectivity index (χ4n) is 2.21. The lowest BCUT2D eigenvalue weighted by Crippen LogP contribution is -2.28. The third-order valence-corrected chi connectivity index (χ3v) is 4.19. The molecule has 0 bridgehead atoms. The zero-order valence-electron chi connectivity index (χ0n) is 12.1. The van der Waals surface area contributed by atoms with E-state index in [4.69, 9.17) is 9.47 Å². The van der Waals surface area contributed by atoms with Crippen LogP contribution in [0.5, 0.6) is 0 Å². The summed E-state index contributed by atoms with van der Waals surface area (Å²) >= 11 is 1.59. The van der Waals surface area contributed by atoms with E-state index in [2.05, 4.69) is 15.6 Å². The molecule has 0 atom stereocenters. The van der Waals surface area contributed by atoms with E-state index in [1.54, 1.807) is 22.2 Å². The van der Waals surface area contributed by atoms with Gasteiger partial charge in [-0.3, -0.25) is 0 Å². The van der Waals surface area contributed by atoms with Gasteiger partial charge in [-0.05, 0) is 30.2 Å². The molecule has 22 heavy (non-hydrogen) atoms. The van der Waals surface area contributed by atoms with Crippen LogP contribution in [0.2, 0.25) is 0 Å². The van der Waals surface area contributed by atoms with Crippen LogP contribution in [0, 0.1) is 5.92 Å². The maximum absolute atomic E-state index is 11.7. The summed E-state index contributed by atoms with van der Waals surface area (Å²) in [5.74, 6) is 0.402. The molecule has 3 rings (SSSR count). The Bertz CT molecular complexity index is 593. The van der Waals surface area contributed by atoms with Crippen LogP contribution in [0.1, 0.15) is 18.5 Å². The summed E-state index contributed by atoms with van der Waals surface area (Å²) in [4.78, 5) is 11.7. The predicted molar refractivity (Wildman–Crippen MR) is 81.0 cm³/mol. The van der Waals surface area contributed by atoms with Crippen molar-refractivity contribution in [1.29, 1.82) is 0 Å². The van der Waals surface area contributed by atoms with Crippen LogP contribution in [0.3, 0.4) is 0 Å². The van der Waals surface area contributed by atoms with Crippen molar-refractivity contribution in [3.8, 4) is 5.69 Å². The van der Waals surface area contributed by atoms with Crippen molar-refractivity contribution in [2.45, 2.75) is 19.4 Å². The topological polar surface area (TPSA) is 78.3 Å². The summed E-state index contributed by atoms with van der Waals surface area (Å²) in [5.41, 5.74) is 1.65. The molecule has 0 saturated carbocycles. The number of amides is 1. The van der Waals surface area contributed by atoms with Gasteiger partial charge in [0.2, 0.25) is 0 Å². The number of hydrogen-bond donors (Lipinski definition) is 1. The first kappa shape index (κ1) is 15.0. The van der Waals surface area contributed by atoms with E-state index >= 15 is 0 Å². The van der Waals surface area contributed by atoms with E-state index < -0.39 is 6.09 Å². The third kappa shape index (κ3) is 4.05. The molecule has 3 heterocycles. The summed E-state index contributed by atoms with van der Waals surface area (Å²) in [6.07, 6.45) is 3.27. The van der Waals surface area contributed by atoms with E-state index in [1.165, 1.54) is 0 Å². The molecular formula is C14H18N4O3S. The fourth-order valence-corrected chi connectivity index (χ4v) is 2.84. The minimum atomic E-state index is -0.420. The SMILES string of the molecule is O=C(NCc1cn(-c2ccsc2)nn1)OCC1CCOCC1. The second-order valence-corrected chi connectivity index (χ2v) is 5.92. The minimum absolute atomic E-state index is 0.302. The molecular weight excluding hydrogens is 304 g/mol. The number of hydrogen-bond acceptors (Lipinski definition) is 6. The first-order chi connectivity index (χ1) is 10.8. The largest absolute Gasteiger partial charge is 0.449 e. The number of carbonyl (C=O) groups excluding carboxylic acids is 1.